The van der Waals surface area contributed by atoms with Gasteiger partial charge in [-0.2, -0.15) is 0 Å². The molecule has 24 heavy (non-hydrogen) atoms. The Bertz CT molecular complexity index is 768. The number of sulfonamides is 1. The number of carboxylic acid groups (broad SMARTS) is 1. The van der Waals surface area contributed by atoms with Crippen LogP contribution in [-0.2, 0) is 14.8 Å². The second-order valence-corrected chi connectivity index (χ2v) is 7.97. The lowest BCUT2D eigenvalue weighted by atomic mass is 9.76. The minimum Gasteiger partial charge on any atom is -0.495 e. The minimum absolute atomic E-state index is 0.0590. The lowest BCUT2D eigenvalue weighted by Crippen LogP contribution is -2.59. The Morgan fingerprint density at radius 1 is 1.29 bits per heavy atom. The quantitative estimate of drug-likeness (QED) is 0.775. The van der Waals surface area contributed by atoms with Gasteiger partial charge in [-0.05, 0) is 37.5 Å². The zero-order chi connectivity index (χ0) is 18.1. The van der Waals surface area contributed by atoms with Gasteiger partial charge in [0, 0.05) is 19.7 Å². The maximum atomic E-state index is 12.4. The molecule has 0 bridgehead atoms. The third kappa shape index (κ3) is 3.09. The van der Waals surface area contributed by atoms with Crippen molar-refractivity contribution in [3.63, 3.8) is 0 Å². The molecule has 0 radical (unpaired) electrons. The van der Waals surface area contributed by atoms with Gasteiger partial charge in [-0.15, -0.1) is 0 Å². The molecule has 132 valence electrons. The molecule has 0 atom stereocenters. The molecule has 0 heterocycles. The number of nitrogens with one attached hydrogen (secondary N) is 1. The van der Waals surface area contributed by atoms with Crippen molar-refractivity contribution >= 4 is 21.9 Å². The number of carbonyl (C=O) groups is 2. The molecule has 8 nitrogen and oxygen atoms in total. The molecule has 0 saturated heterocycles. The van der Waals surface area contributed by atoms with E-state index in [1.165, 1.54) is 39.4 Å². The van der Waals surface area contributed by atoms with Gasteiger partial charge in [0.2, 0.25) is 10.0 Å². The first-order chi connectivity index (χ1) is 11.1. The van der Waals surface area contributed by atoms with Gasteiger partial charge in [-0.3, -0.25) is 4.79 Å². The summed E-state index contributed by atoms with van der Waals surface area (Å²) in [6.07, 6.45) is 1.43. The van der Waals surface area contributed by atoms with Crippen molar-refractivity contribution in [3.05, 3.63) is 23.8 Å². The number of methoxy groups -OCH3 is 1. The third-order valence-electron chi connectivity index (χ3n) is 4.15. The number of amides is 1. The van der Waals surface area contributed by atoms with Gasteiger partial charge in [0.05, 0.1) is 7.11 Å². The van der Waals surface area contributed by atoms with Gasteiger partial charge in [0.25, 0.3) is 5.91 Å². The molecule has 1 aliphatic carbocycles. The second kappa shape index (κ2) is 6.40. The summed E-state index contributed by atoms with van der Waals surface area (Å²) < 4.78 is 30.8. The summed E-state index contributed by atoms with van der Waals surface area (Å²) >= 11 is 0. The van der Waals surface area contributed by atoms with Crippen molar-refractivity contribution in [3.8, 4) is 5.75 Å². The Morgan fingerprint density at radius 2 is 1.92 bits per heavy atom. The Morgan fingerprint density at radius 3 is 2.33 bits per heavy atom. The Balaban J connectivity index is 2.38. The standard InChI is InChI=1S/C15H20N2O6S/c1-17(2)24(21,22)12-9-10(5-6-11(12)23-3)13(18)16-15(14(19)20)7-4-8-15/h5-6,9H,4,7-8H2,1-3H3,(H,16,18)(H,19,20). The number of hydrogen-bond acceptors (Lipinski definition) is 5. The van der Waals surface area contributed by atoms with E-state index in [1.54, 1.807) is 0 Å². The molecule has 1 aromatic rings. The lowest BCUT2D eigenvalue weighted by molar-refractivity contribution is -0.148. The highest BCUT2D eigenvalue weighted by Crippen LogP contribution is 2.33. The van der Waals surface area contributed by atoms with Gasteiger partial charge in [-0.25, -0.2) is 17.5 Å². The molecule has 2 N–H and O–H groups in total. The average Bonchev–Trinajstić information content (AvgIpc) is 2.49. The van der Waals surface area contributed by atoms with E-state index in [2.05, 4.69) is 5.32 Å². The number of carbonyl (C=O) groups excluding carboxylic acids is 1. The highest BCUT2D eigenvalue weighted by Gasteiger charge is 2.45. The molecule has 1 aliphatic rings. The summed E-state index contributed by atoms with van der Waals surface area (Å²) in [5.74, 6) is -1.61. The summed E-state index contributed by atoms with van der Waals surface area (Å²) in [5.41, 5.74) is -1.21. The van der Waals surface area contributed by atoms with Crippen molar-refractivity contribution in [2.75, 3.05) is 21.2 Å². The monoisotopic (exact) mass is 356 g/mol. The molecule has 1 fully saturated rings. The van der Waals surface area contributed by atoms with E-state index in [0.29, 0.717) is 12.8 Å². The SMILES string of the molecule is COc1ccc(C(=O)NC2(C(=O)O)CCC2)cc1S(=O)(=O)N(C)C. The maximum Gasteiger partial charge on any atom is 0.329 e. The number of ether oxygens (including phenoxy) is 1. The van der Waals surface area contributed by atoms with E-state index >= 15 is 0 Å². The van der Waals surface area contributed by atoms with Crippen LogP contribution in [0.4, 0.5) is 0 Å². The zero-order valence-corrected chi connectivity index (χ0v) is 14.5. The summed E-state index contributed by atoms with van der Waals surface area (Å²) in [6.45, 7) is 0. The van der Waals surface area contributed by atoms with Crippen LogP contribution in [0.1, 0.15) is 29.6 Å². The highest BCUT2D eigenvalue weighted by molar-refractivity contribution is 7.89. The van der Waals surface area contributed by atoms with E-state index in [0.717, 1.165) is 10.7 Å². The van der Waals surface area contributed by atoms with Gasteiger partial charge < -0.3 is 15.2 Å². The first-order valence-electron chi connectivity index (χ1n) is 7.30. The molecule has 0 spiro atoms. The molecular weight excluding hydrogens is 336 g/mol. The number of benzene rings is 1. The van der Waals surface area contributed by atoms with Crippen molar-refractivity contribution in [1.82, 2.24) is 9.62 Å². The molecule has 1 saturated carbocycles. The normalized spacial score (nSPS) is 16.3. The molecule has 1 amide bonds. The molecular formula is C15H20N2O6S. The van der Waals surface area contributed by atoms with E-state index < -0.39 is 27.4 Å². The zero-order valence-electron chi connectivity index (χ0n) is 13.7. The molecule has 0 aliphatic heterocycles. The van der Waals surface area contributed by atoms with Gasteiger partial charge in [-0.1, -0.05) is 0 Å². The maximum absolute atomic E-state index is 12.4. The van der Waals surface area contributed by atoms with Crippen LogP contribution < -0.4 is 10.1 Å². The van der Waals surface area contributed by atoms with E-state index in [1.807, 2.05) is 0 Å². The van der Waals surface area contributed by atoms with Crippen LogP contribution in [-0.4, -0.2) is 56.5 Å². The fourth-order valence-electron chi connectivity index (χ4n) is 2.43. The predicted octanol–water partition coefficient (Wildman–Crippen LogP) is 0.683. The smallest absolute Gasteiger partial charge is 0.329 e. The van der Waals surface area contributed by atoms with Crippen LogP contribution in [0.5, 0.6) is 5.75 Å². The van der Waals surface area contributed by atoms with E-state index in [9.17, 15) is 23.1 Å². The van der Waals surface area contributed by atoms with Gasteiger partial charge in [0.15, 0.2) is 0 Å². The summed E-state index contributed by atoms with van der Waals surface area (Å²) in [6, 6.07) is 3.97. The fourth-order valence-corrected chi connectivity index (χ4v) is 3.50. The number of rotatable bonds is 6. The Labute approximate surface area is 140 Å². The largest absolute Gasteiger partial charge is 0.495 e. The summed E-state index contributed by atoms with van der Waals surface area (Å²) in [4.78, 5) is 23.6. The van der Waals surface area contributed by atoms with Crippen LogP contribution in [0.25, 0.3) is 0 Å². The van der Waals surface area contributed by atoms with Crippen molar-refractivity contribution in [2.24, 2.45) is 0 Å². The van der Waals surface area contributed by atoms with Crippen LogP contribution in [0, 0.1) is 0 Å². The molecule has 2 rings (SSSR count). The minimum atomic E-state index is -3.82. The molecule has 9 heteroatoms. The molecule has 1 aromatic carbocycles. The van der Waals surface area contributed by atoms with Crippen LogP contribution in [0.3, 0.4) is 0 Å². The van der Waals surface area contributed by atoms with Crippen molar-refractivity contribution < 1.29 is 27.9 Å². The summed E-state index contributed by atoms with van der Waals surface area (Å²) in [5, 5.41) is 11.8. The summed E-state index contributed by atoms with van der Waals surface area (Å²) in [7, 11) is 0.256. The van der Waals surface area contributed by atoms with E-state index in [4.69, 9.17) is 4.74 Å². The molecule has 0 aromatic heterocycles. The number of hydrogen-bond donors (Lipinski definition) is 2. The van der Waals surface area contributed by atoms with Crippen molar-refractivity contribution in [2.45, 2.75) is 29.7 Å². The van der Waals surface area contributed by atoms with Crippen LogP contribution >= 0.6 is 0 Å². The number of nitrogens with zero attached hydrogens (tertiary/aromatic N) is 1. The van der Waals surface area contributed by atoms with Gasteiger partial charge in [0.1, 0.15) is 16.2 Å². The topological polar surface area (TPSA) is 113 Å². The predicted molar refractivity (Wildman–Crippen MR) is 85.6 cm³/mol. The lowest BCUT2D eigenvalue weighted by Gasteiger charge is -2.38. The van der Waals surface area contributed by atoms with Crippen LogP contribution in [0.15, 0.2) is 23.1 Å². The first kappa shape index (κ1) is 18.2. The third-order valence-corrected chi connectivity index (χ3v) is 5.99. The van der Waals surface area contributed by atoms with Crippen molar-refractivity contribution in [1.29, 1.82) is 0 Å². The fraction of sp³-hybridized carbons (Fsp3) is 0.467. The van der Waals surface area contributed by atoms with E-state index in [-0.39, 0.29) is 16.2 Å². The van der Waals surface area contributed by atoms with Gasteiger partial charge >= 0.3 is 5.97 Å². The molecule has 0 unspecified atom stereocenters. The first-order valence-corrected chi connectivity index (χ1v) is 8.74. The highest BCUT2D eigenvalue weighted by atomic mass is 32.2. The Kier molecular flexibility index (Phi) is 4.86. The number of carboxylic acids is 1. The Hall–Kier alpha value is -2.13. The second-order valence-electron chi connectivity index (χ2n) is 5.85. The number of aliphatic carboxylic acids is 1. The average molecular weight is 356 g/mol. The van der Waals surface area contributed by atoms with Crippen LogP contribution in [0.2, 0.25) is 0 Å².